The summed E-state index contributed by atoms with van der Waals surface area (Å²) in [5.74, 6) is 0.787. The van der Waals surface area contributed by atoms with Gasteiger partial charge in [0.2, 0.25) is 0 Å². The molecule has 1 fully saturated rings. The van der Waals surface area contributed by atoms with E-state index in [1.54, 1.807) is 12.1 Å². The molecule has 0 aliphatic carbocycles. The van der Waals surface area contributed by atoms with Crippen LogP contribution in [0.5, 0.6) is 0 Å². The standard InChI is InChI=1S/C10H10FIN4/c11-3-7-5-16(6-9(7)12)10-2-1-8(4-13)14-15-10/h1-2,7,9H,3,5-6H2. The largest absolute Gasteiger partial charge is 0.354 e. The van der Waals surface area contributed by atoms with Gasteiger partial charge in [-0.15, -0.1) is 10.2 Å². The van der Waals surface area contributed by atoms with E-state index in [1.807, 2.05) is 11.0 Å². The van der Waals surface area contributed by atoms with Crippen molar-refractivity contribution in [2.45, 2.75) is 3.92 Å². The summed E-state index contributed by atoms with van der Waals surface area (Å²) in [5.41, 5.74) is 0.302. The Kier molecular flexibility index (Phi) is 3.53. The zero-order chi connectivity index (χ0) is 11.5. The van der Waals surface area contributed by atoms with E-state index < -0.39 is 0 Å². The lowest BCUT2D eigenvalue weighted by molar-refractivity contribution is 0.394. The molecule has 84 valence electrons. The molecule has 0 radical (unpaired) electrons. The Labute approximate surface area is 107 Å². The number of hydrogen-bond acceptors (Lipinski definition) is 4. The number of nitriles is 1. The summed E-state index contributed by atoms with van der Waals surface area (Å²) in [6.07, 6.45) is 0. The molecule has 16 heavy (non-hydrogen) atoms. The molecule has 1 aromatic rings. The fraction of sp³-hybridized carbons (Fsp3) is 0.500. The van der Waals surface area contributed by atoms with Crippen LogP contribution in [0.3, 0.4) is 0 Å². The average molecular weight is 332 g/mol. The number of hydrogen-bond donors (Lipinski definition) is 0. The van der Waals surface area contributed by atoms with Gasteiger partial charge in [0.25, 0.3) is 0 Å². The van der Waals surface area contributed by atoms with Crippen LogP contribution in [0.2, 0.25) is 0 Å². The number of rotatable bonds is 2. The molecule has 0 bridgehead atoms. The van der Waals surface area contributed by atoms with E-state index in [9.17, 15) is 4.39 Å². The smallest absolute Gasteiger partial charge is 0.163 e. The second-order valence-electron chi connectivity index (χ2n) is 3.72. The first-order valence-electron chi connectivity index (χ1n) is 4.93. The highest BCUT2D eigenvalue weighted by Gasteiger charge is 2.31. The molecule has 0 saturated carbocycles. The van der Waals surface area contributed by atoms with Crippen molar-refractivity contribution in [1.82, 2.24) is 10.2 Å². The van der Waals surface area contributed by atoms with Crippen LogP contribution in [0.25, 0.3) is 0 Å². The minimum atomic E-state index is -0.298. The molecule has 1 aliphatic heterocycles. The van der Waals surface area contributed by atoms with Gasteiger partial charge in [-0.3, -0.25) is 4.39 Å². The molecule has 2 rings (SSSR count). The minimum Gasteiger partial charge on any atom is -0.354 e. The molecule has 2 atom stereocenters. The van der Waals surface area contributed by atoms with E-state index in [-0.39, 0.29) is 12.6 Å². The van der Waals surface area contributed by atoms with Crippen LogP contribution in [0.4, 0.5) is 10.2 Å². The molecule has 0 N–H and O–H groups in total. The van der Waals surface area contributed by atoms with E-state index in [0.29, 0.717) is 16.2 Å². The molecule has 0 spiro atoms. The number of aromatic nitrogens is 2. The monoisotopic (exact) mass is 332 g/mol. The molecule has 0 amide bonds. The van der Waals surface area contributed by atoms with Crippen molar-refractivity contribution in [3.8, 4) is 6.07 Å². The summed E-state index contributed by atoms with van der Waals surface area (Å²) in [6.45, 7) is 1.16. The van der Waals surface area contributed by atoms with Gasteiger partial charge < -0.3 is 4.90 Å². The molecular formula is C10H10FIN4. The first kappa shape index (κ1) is 11.5. The lowest BCUT2D eigenvalue weighted by Gasteiger charge is -2.15. The van der Waals surface area contributed by atoms with Crippen molar-refractivity contribution in [3.05, 3.63) is 17.8 Å². The molecule has 1 aromatic heterocycles. The Bertz CT molecular complexity index is 402. The van der Waals surface area contributed by atoms with E-state index in [4.69, 9.17) is 5.26 Å². The number of nitrogens with zero attached hydrogens (tertiary/aromatic N) is 4. The fourth-order valence-corrected chi connectivity index (χ4v) is 2.61. The Morgan fingerprint density at radius 2 is 2.31 bits per heavy atom. The normalized spacial score (nSPS) is 24.4. The lowest BCUT2D eigenvalue weighted by atomic mass is 10.1. The molecule has 1 saturated heterocycles. The Hall–Kier alpha value is -0.970. The molecule has 4 nitrogen and oxygen atoms in total. The van der Waals surface area contributed by atoms with Gasteiger partial charge in [-0.25, -0.2) is 0 Å². The van der Waals surface area contributed by atoms with Gasteiger partial charge in [0.1, 0.15) is 6.07 Å². The van der Waals surface area contributed by atoms with Crippen molar-refractivity contribution < 1.29 is 4.39 Å². The van der Waals surface area contributed by atoms with Gasteiger partial charge in [0.15, 0.2) is 11.5 Å². The maximum Gasteiger partial charge on any atom is 0.163 e. The first-order chi connectivity index (χ1) is 7.74. The van der Waals surface area contributed by atoms with E-state index >= 15 is 0 Å². The van der Waals surface area contributed by atoms with E-state index in [0.717, 1.165) is 12.4 Å². The summed E-state index contributed by atoms with van der Waals surface area (Å²) in [6, 6.07) is 5.31. The van der Waals surface area contributed by atoms with Crippen LogP contribution >= 0.6 is 22.6 Å². The van der Waals surface area contributed by atoms with Crippen molar-refractivity contribution in [3.63, 3.8) is 0 Å². The quantitative estimate of drug-likeness (QED) is 0.609. The van der Waals surface area contributed by atoms with Gasteiger partial charge in [0.05, 0.1) is 6.67 Å². The highest BCUT2D eigenvalue weighted by Crippen LogP contribution is 2.27. The zero-order valence-electron chi connectivity index (χ0n) is 8.48. The summed E-state index contributed by atoms with van der Waals surface area (Å²) < 4.78 is 13.0. The SMILES string of the molecule is N#Cc1ccc(N2CC(I)C(CF)C2)nn1. The molecule has 2 heterocycles. The Morgan fingerprint density at radius 1 is 1.50 bits per heavy atom. The summed E-state index contributed by atoms with van der Waals surface area (Å²) in [4.78, 5) is 2.01. The Balaban J connectivity index is 2.11. The summed E-state index contributed by atoms with van der Waals surface area (Å²) >= 11 is 2.27. The highest BCUT2D eigenvalue weighted by molar-refractivity contribution is 14.1. The number of alkyl halides is 2. The predicted molar refractivity (Wildman–Crippen MR) is 66.2 cm³/mol. The van der Waals surface area contributed by atoms with E-state index in [2.05, 4.69) is 32.8 Å². The summed E-state index contributed by atoms with van der Waals surface area (Å²) in [5, 5.41) is 16.3. The molecule has 6 heteroatoms. The molecule has 0 aromatic carbocycles. The van der Waals surface area contributed by atoms with Crippen LogP contribution < -0.4 is 4.90 Å². The molecular weight excluding hydrogens is 322 g/mol. The van der Waals surface area contributed by atoms with Crippen LogP contribution in [0, 0.1) is 17.2 Å². The second-order valence-corrected chi connectivity index (χ2v) is 5.32. The third kappa shape index (κ3) is 2.24. The topological polar surface area (TPSA) is 52.8 Å². The van der Waals surface area contributed by atoms with Crippen LogP contribution in [-0.4, -0.2) is 33.9 Å². The molecule has 2 unspecified atom stereocenters. The van der Waals surface area contributed by atoms with Crippen LogP contribution in [0.15, 0.2) is 12.1 Å². The number of anilines is 1. The lowest BCUT2D eigenvalue weighted by Crippen LogP contribution is -2.21. The molecule has 1 aliphatic rings. The van der Waals surface area contributed by atoms with Gasteiger partial charge in [-0.2, -0.15) is 5.26 Å². The van der Waals surface area contributed by atoms with Gasteiger partial charge in [-0.05, 0) is 12.1 Å². The van der Waals surface area contributed by atoms with Crippen LogP contribution in [-0.2, 0) is 0 Å². The van der Waals surface area contributed by atoms with Gasteiger partial charge in [0, 0.05) is 22.9 Å². The maximum absolute atomic E-state index is 12.6. The summed E-state index contributed by atoms with van der Waals surface area (Å²) in [7, 11) is 0. The zero-order valence-corrected chi connectivity index (χ0v) is 10.6. The van der Waals surface area contributed by atoms with E-state index in [1.165, 1.54) is 0 Å². The number of halogens is 2. The van der Waals surface area contributed by atoms with Crippen molar-refractivity contribution in [2.75, 3.05) is 24.7 Å². The second kappa shape index (κ2) is 4.91. The van der Waals surface area contributed by atoms with Gasteiger partial charge >= 0.3 is 0 Å². The van der Waals surface area contributed by atoms with Gasteiger partial charge in [-0.1, -0.05) is 22.6 Å². The highest BCUT2D eigenvalue weighted by atomic mass is 127. The predicted octanol–water partition coefficient (Wildman–Crippen LogP) is 1.56. The minimum absolute atomic E-state index is 0.0676. The van der Waals surface area contributed by atoms with Crippen molar-refractivity contribution in [1.29, 1.82) is 5.26 Å². The fourth-order valence-electron chi connectivity index (χ4n) is 1.72. The third-order valence-electron chi connectivity index (χ3n) is 2.65. The maximum atomic E-state index is 12.6. The average Bonchev–Trinajstić information content (AvgIpc) is 2.71. The first-order valence-corrected chi connectivity index (χ1v) is 6.18. The Morgan fingerprint density at radius 3 is 2.81 bits per heavy atom. The van der Waals surface area contributed by atoms with Crippen LogP contribution in [0.1, 0.15) is 5.69 Å². The van der Waals surface area contributed by atoms with Crippen molar-refractivity contribution in [2.24, 2.45) is 5.92 Å². The third-order valence-corrected chi connectivity index (χ3v) is 4.06. The van der Waals surface area contributed by atoms with Crippen molar-refractivity contribution >= 4 is 28.4 Å².